The van der Waals surface area contributed by atoms with E-state index in [1.807, 2.05) is 19.1 Å². The second-order valence-electron chi connectivity index (χ2n) is 5.57. The first-order valence-electron chi connectivity index (χ1n) is 7.03. The molecule has 0 saturated heterocycles. The maximum Gasteiger partial charge on any atom is 0.131 e. The predicted molar refractivity (Wildman–Crippen MR) is 93.4 cm³/mol. The first-order chi connectivity index (χ1) is 9.88. The summed E-state index contributed by atoms with van der Waals surface area (Å²) in [6.07, 6.45) is 0. The number of benzene rings is 1. The molecule has 1 aromatic heterocycles. The number of para-hydroxylation sites is 1. The van der Waals surface area contributed by atoms with Crippen molar-refractivity contribution in [3.05, 3.63) is 52.7 Å². The SMILES string of the molecule is Cc1cc(C(N)=S)cc(Nc2c(C)cccc2C(C)C)n1. The maximum absolute atomic E-state index is 5.73. The highest BCUT2D eigenvalue weighted by Gasteiger charge is 2.11. The van der Waals surface area contributed by atoms with E-state index in [0.29, 0.717) is 10.9 Å². The van der Waals surface area contributed by atoms with Crippen molar-refractivity contribution < 1.29 is 0 Å². The van der Waals surface area contributed by atoms with Crippen molar-refractivity contribution in [2.45, 2.75) is 33.6 Å². The molecule has 4 heteroatoms. The van der Waals surface area contributed by atoms with Gasteiger partial charge in [-0.25, -0.2) is 4.98 Å². The van der Waals surface area contributed by atoms with Crippen molar-refractivity contribution in [2.75, 3.05) is 5.32 Å². The van der Waals surface area contributed by atoms with Gasteiger partial charge < -0.3 is 11.1 Å². The summed E-state index contributed by atoms with van der Waals surface area (Å²) in [5.74, 6) is 1.21. The summed E-state index contributed by atoms with van der Waals surface area (Å²) in [6.45, 7) is 8.40. The Morgan fingerprint density at radius 1 is 1.24 bits per heavy atom. The lowest BCUT2D eigenvalue weighted by Crippen LogP contribution is -2.11. The van der Waals surface area contributed by atoms with Gasteiger partial charge in [0.2, 0.25) is 0 Å². The van der Waals surface area contributed by atoms with E-state index in [-0.39, 0.29) is 0 Å². The molecule has 0 unspecified atom stereocenters. The van der Waals surface area contributed by atoms with Crippen molar-refractivity contribution in [1.29, 1.82) is 0 Å². The van der Waals surface area contributed by atoms with Crippen LogP contribution in [0.2, 0.25) is 0 Å². The van der Waals surface area contributed by atoms with Gasteiger partial charge in [0.15, 0.2) is 0 Å². The molecule has 3 N–H and O–H groups in total. The van der Waals surface area contributed by atoms with Gasteiger partial charge >= 0.3 is 0 Å². The molecule has 2 aromatic rings. The van der Waals surface area contributed by atoms with E-state index >= 15 is 0 Å². The molecule has 0 aliphatic rings. The summed E-state index contributed by atoms with van der Waals surface area (Å²) in [5, 5.41) is 3.43. The quantitative estimate of drug-likeness (QED) is 0.831. The van der Waals surface area contributed by atoms with Crippen LogP contribution in [0.5, 0.6) is 0 Å². The van der Waals surface area contributed by atoms with Crippen molar-refractivity contribution in [3.63, 3.8) is 0 Å². The van der Waals surface area contributed by atoms with Crippen molar-refractivity contribution >= 4 is 28.7 Å². The maximum atomic E-state index is 5.73. The van der Waals surface area contributed by atoms with E-state index < -0.39 is 0 Å². The topological polar surface area (TPSA) is 50.9 Å². The van der Waals surface area contributed by atoms with Gasteiger partial charge in [-0.2, -0.15) is 0 Å². The number of anilines is 2. The van der Waals surface area contributed by atoms with Gasteiger partial charge in [0.05, 0.1) is 0 Å². The lowest BCUT2D eigenvalue weighted by atomic mass is 9.98. The summed E-state index contributed by atoms with van der Waals surface area (Å²) < 4.78 is 0. The molecule has 110 valence electrons. The van der Waals surface area contributed by atoms with Gasteiger partial charge in [-0.15, -0.1) is 0 Å². The molecule has 0 saturated carbocycles. The minimum absolute atomic E-state index is 0.386. The molecule has 21 heavy (non-hydrogen) atoms. The van der Waals surface area contributed by atoms with Gasteiger partial charge in [-0.3, -0.25) is 0 Å². The van der Waals surface area contributed by atoms with E-state index in [9.17, 15) is 0 Å². The predicted octanol–water partition coefficient (Wildman–Crippen LogP) is 4.20. The number of aromatic nitrogens is 1. The fourth-order valence-corrected chi connectivity index (χ4v) is 2.46. The second kappa shape index (κ2) is 6.22. The lowest BCUT2D eigenvalue weighted by Gasteiger charge is -2.17. The number of rotatable bonds is 4. The number of nitrogens with one attached hydrogen (secondary N) is 1. The van der Waals surface area contributed by atoms with E-state index in [1.165, 1.54) is 11.1 Å². The number of pyridine rings is 1. The fourth-order valence-electron chi connectivity index (χ4n) is 2.35. The van der Waals surface area contributed by atoms with Gasteiger partial charge in [0.25, 0.3) is 0 Å². The second-order valence-corrected chi connectivity index (χ2v) is 6.01. The molecule has 0 atom stereocenters. The third kappa shape index (κ3) is 3.58. The summed E-state index contributed by atoms with van der Waals surface area (Å²) in [5.41, 5.74) is 11.0. The Morgan fingerprint density at radius 2 is 1.95 bits per heavy atom. The molecule has 0 aliphatic carbocycles. The molecule has 0 spiro atoms. The average molecular weight is 299 g/mol. The Balaban J connectivity index is 2.45. The van der Waals surface area contributed by atoms with E-state index in [0.717, 1.165) is 22.8 Å². The molecule has 1 aromatic carbocycles. The third-order valence-electron chi connectivity index (χ3n) is 3.42. The summed E-state index contributed by atoms with van der Waals surface area (Å²) >= 11 is 5.06. The smallest absolute Gasteiger partial charge is 0.131 e. The first kappa shape index (κ1) is 15.4. The van der Waals surface area contributed by atoms with Crippen molar-refractivity contribution in [2.24, 2.45) is 5.73 Å². The largest absolute Gasteiger partial charge is 0.389 e. The molecule has 0 amide bonds. The zero-order chi connectivity index (χ0) is 15.6. The number of thiocarbonyl (C=S) groups is 1. The highest BCUT2D eigenvalue weighted by atomic mass is 32.1. The normalized spacial score (nSPS) is 10.7. The van der Waals surface area contributed by atoms with Crippen LogP contribution in [-0.2, 0) is 0 Å². The Morgan fingerprint density at radius 3 is 2.57 bits per heavy atom. The Bertz CT molecular complexity index is 678. The van der Waals surface area contributed by atoms with Crippen LogP contribution in [0.1, 0.15) is 42.1 Å². The number of nitrogens with two attached hydrogens (primary N) is 1. The lowest BCUT2D eigenvalue weighted by molar-refractivity contribution is 0.867. The minimum Gasteiger partial charge on any atom is -0.389 e. The van der Waals surface area contributed by atoms with E-state index in [1.54, 1.807) is 0 Å². The fraction of sp³-hybridized carbons (Fsp3) is 0.294. The molecule has 0 fully saturated rings. The summed E-state index contributed by atoms with van der Waals surface area (Å²) in [7, 11) is 0. The van der Waals surface area contributed by atoms with Crippen molar-refractivity contribution in [1.82, 2.24) is 4.98 Å². The van der Waals surface area contributed by atoms with Crippen LogP contribution in [0.3, 0.4) is 0 Å². The summed E-state index contributed by atoms with van der Waals surface area (Å²) in [4.78, 5) is 4.91. The Hall–Kier alpha value is -1.94. The monoisotopic (exact) mass is 299 g/mol. The summed E-state index contributed by atoms with van der Waals surface area (Å²) in [6, 6.07) is 10.1. The zero-order valence-electron chi connectivity index (χ0n) is 12.9. The molecular weight excluding hydrogens is 278 g/mol. The highest BCUT2D eigenvalue weighted by Crippen LogP contribution is 2.30. The average Bonchev–Trinajstić information content (AvgIpc) is 2.40. The number of aryl methyl sites for hydroxylation is 2. The highest BCUT2D eigenvalue weighted by molar-refractivity contribution is 7.80. The van der Waals surface area contributed by atoms with E-state index in [4.69, 9.17) is 18.0 Å². The van der Waals surface area contributed by atoms with Crippen LogP contribution >= 0.6 is 12.2 Å². The first-order valence-corrected chi connectivity index (χ1v) is 7.44. The molecule has 1 heterocycles. The van der Waals surface area contributed by atoms with Crippen LogP contribution in [0.25, 0.3) is 0 Å². The minimum atomic E-state index is 0.386. The van der Waals surface area contributed by atoms with E-state index in [2.05, 4.69) is 49.3 Å². The molecule has 3 nitrogen and oxygen atoms in total. The number of nitrogens with zero attached hydrogens (tertiary/aromatic N) is 1. The number of hydrogen-bond donors (Lipinski definition) is 2. The van der Waals surface area contributed by atoms with Crippen LogP contribution < -0.4 is 11.1 Å². The van der Waals surface area contributed by atoms with Crippen LogP contribution in [-0.4, -0.2) is 9.97 Å². The standard InChI is InChI=1S/C17H21N3S/c1-10(2)14-7-5-6-11(3)16(14)20-15-9-13(17(18)21)8-12(4)19-15/h5-10H,1-4H3,(H2,18,21)(H,19,20). The molecule has 0 bridgehead atoms. The van der Waals surface area contributed by atoms with Gasteiger partial charge in [-0.1, -0.05) is 44.3 Å². The van der Waals surface area contributed by atoms with Crippen LogP contribution in [0.15, 0.2) is 30.3 Å². The van der Waals surface area contributed by atoms with Gasteiger partial charge in [-0.05, 0) is 43.0 Å². The molecule has 0 aliphatic heterocycles. The third-order valence-corrected chi connectivity index (χ3v) is 3.65. The molecular formula is C17H21N3S. The van der Waals surface area contributed by atoms with Crippen molar-refractivity contribution in [3.8, 4) is 0 Å². The number of hydrogen-bond acceptors (Lipinski definition) is 3. The van der Waals surface area contributed by atoms with Crippen LogP contribution in [0, 0.1) is 13.8 Å². The molecule has 0 radical (unpaired) electrons. The van der Waals surface area contributed by atoms with Crippen LogP contribution in [0.4, 0.5) is 11.5 Å². The zero-order valence-corrected chi connectivity index (χ0v) is 13.7. The molecule has 2 rings (SSSR count). The van der Waals surface area contributed by atoms with Gasteiger partial charge in [0, 0.05) is 16.9 Å². The van der Waals surface area contributed by atoms with Gasteiger partial charge in [0.1, 0.15) is 10.8 Å². The Kier molecular flexibility index (Phi) is 4.58. The Labute approximate surface area is 131 Å².